The van der Waals surface area contributed by atoms with Crippen LogP contribution in [0.5, 0.6) is 5.75 Å². The lowest BCUT2D eigenvalue weighted by Gasteiger charge is -2.31. The van der Waals surface area contributed by atoms with Gasteiger partial charge < -0.3 is 9.64 Å². The van der Waals surface area contributed by atoms with Crippen molar-refractivity contribution in [2.75, 3.05) is 20.2 Å². The van der Waals surface area contributed by atoms with Crippen molar-refractivity contribution < 1.29 is 9.53 Å². The first kappa shape index (κ1) is 15.6. The van der Waals surface area contributed by atoms with E-state index in [0.717, 1.165) is 12.8 Å². The summed E-state index contributed by atoms with van der Waals surface area (Å²) >= 11 is 6.03. The van der Waals surface area contributed by atoms with Gasteiger partial charge in [0.25, 0.3) is 5.91 Å². The molecular weight excluding hydrogens is 320 g/mol. The number of hydrogen-bond donors (Lipinski definition) is 2. The zero-order valence-corrected chi connectivity index (χ0v) is 13.4. The molecule has 0 unspecified atom stereocenters. The van der Waals surface area contributed by atoms with Crippen LogP contribution in [-0.4, -0.2) is 46.2 Å². The summed E-state index contributed by atoms with van der Waals surface area (Å²) in [6, 6.07) is 4.96. The number of methoxy groups -OCH3 is 1. The molecule has 1 atom stereocenters. The molecular formula is C15H17ClN4O3. The molecule has 1 aromatic heterocycles. The van der Waals surface area contributed by atoms with E-state index in [2.05, 4.69) is 15.2 Å². The number of nitrogens with one attached hydrogen (secondary N) is 2. The number of aromatic nitrogens is 3. The lowest BCUT2D eigenvalue weighted by molar-refractivity contribution is 0.0704. The number of rotatable bonds is 3. The number of halogens is 1. The van der Waals surface area contributed by atoms with Gasteiger partial charge in [-0.05, 0) is 31.0 Å². The molecule has 0 spiro atoms. The molecule has 0 bridgehead atoms. The van der Waals surface area contributed by atoms with E-state index >= 15 is 0 Å². The number of benzene rings is 1. The molecule has 0 aliphatic carbocycles. The van der Waals surface area contributed by atoms with E-state index in [1.54, 1.807) is 23.1 Å². The van der Waals surface area contributed by atoms with Gasteiger partial charge in [-0.3, -0.25) is 9.78 Å². The summed E-state index contributed by atoms with van der Waals surface area (Å²) in [6.07, 6.45) is 1.73. The van der Waals surface area contributed by atoms with Gasteiger partial charge in [-0.25, -0.2) is 9.89 Å². The largest absolute Gasteiger partial charge is 0.497 e. The first-order chi connectivity index (χ1) is 11.1. The van der Waals surface area contributed by atoms with E-state index < -0.39 is 0 Å². The fourth-order valence-electron chi connectivity index (χ4n) is 2.85. The molecule has 8 heteroatoms. The molecule has 3 rings (SSSR count). The molecule has 1 aliphatic rings. The number of amides is 1. The van der Waals surface area contributed by atoms with E-state index in [4.69, 9.17) is 16.3 Å². The second-order valence-corrected chi connectivity index (χ2v) is 5.97. The summed E-state index contributed by atoms with van der Waals surface area (Å²) in [7, 11) is 1.53. The van der Waals surface area contributed by atoms with Crippen molar-refractivity contribution >= 4 is 17.5 Å². The molecule has 1 aromatic carbocycles. The second kappa shape index (κ2) is 6.45. The van der Waals surface area contributed by atoms with E-state index in [1.807, 2.05) is 0 Å². The third kappa shape index (κ3) is 3.39. The van der Waals surface area contributed by atoms with Crippen LogP contribution < -0.4 is 10.4 Å². The van der Waals surface area contributed by atoms with Crippen molar-refractivity contribution in [3.8, 4) is 5.75 Å². The Kier molecular flexibility index (Phi) is 4.38. The quantitative estimate of drug-likeness (QED) is 0.893. The zero-order valence-electron chi connectivity index (χ0n) is 12.6. The van der Waals surface area contributed by atoms with Gasteiger partial charge in [-0.2, -0.15) is 5.10 Å². The van der Waals surface area contributed by atoms with Crippen LogP contribution in [0.1, 0.15) is 34.9 Å². The predicted octanol–water partition coefficient (Wildman–Crippen LogP) is 1.78. The van der Waals surface area contributed by atoms with Crippen molar-refractivity contribution in [2.24, 2.45) is 0 Å². The number of nitrogens with zero attached hydrogens (tertiary/aromatic N) is 2. The summed E-state index contributed by atoms with van der Waals surface area (Å²) < 4.78 is 5.16. The van der Waals surface area contributed by atoms with E-state index in [9.17, 15) is 9.59 Å². The molecule has 1 saturated heterocycles. The van der Waals surface area contributed by atoms with Gasteiger partial charge in [0.05, 0.1) is 7.11 Å². The summed E-state index contributed by atoms with van der Waals surface area (Å²) in [5.74, 6) is 1.06. The molecule has 2 heterocycles. The maximum atomic E-state index is 12.7. The first-order valence-electron chi connectivity index (χ1n) is 7.35. The monoisotopic (exact) mass is 336 g/mol. The second-order valence-electron chi connectivity index (χ2n) is 5.53. The molecule has 1 amide bonds. The number of piperidine rings is 1. The maximum absolute atomic E-state index is 12.7. The van der Waals surface area contributed by atoms with Crippen LogP contribution in [-0.2, 0) is 0 Å². The van der Waals surface area contributed by atoms with Crippen molar-refractivity contribution in [3.63, 3.8) is 0 Å². The predicted molar refractivity (Wildman–Crippen MR) is 85.1 cm³/mol. The van der Waals surface area contributed by atoms with E-state index in [1.165, 1.54) is 7.11 Å². The highest BCUT2D eigenvalue weighted by molar-refractivity contribution is 6.31. The van der Waals surface area contributed by atoms with Crippen molar-refractivity contribution in [1.29, 1.82) is 0 Å². The third-order valence-corrected chi connectivity index (χ3v) is 4.19. The van der Waals surface area contributed by atoms with Gasteiger partial charge in [-0.15, -0.1) is 0 Å². The minimum Gasteiger partial charge on any atom is -0.497 e. The molecule has 122 valence electrons. The normalized spacial score (nSPS) is 18.0. The standard InChI is InChI=1S/C15H17ClN4O3/c1-23-12-6-10(5-11(16)7-12)14(21)20-4-2-3-9(8-20)13-17-15(22)19-18-13/h5-7,9H,2-4,8H2,1H3,(H2,17,18,19,22)/t9-/m0/s1. The minimum atomic E-state index is -0.331. The van der Waals surface area contributed by atoms with Gasteiger partial charge in [0.2, 0.25) is 0 Å². The molecule has 2 aromatic rings. The molecule has 7 nitrogen and oxygen atoms in total. The highest BCUT2D eigenvalue weighted by Crippen LogP contribution is 2.27. The highest BCUT2D eigenvalue weighted by Gasteiger charge is 2.27. The fraction of sp³-hybridized carbons (Fsp3) is 0.400. The fourth-order valence-corrected chi connectivity index (χ4v) is 3.07. The Morgan fingerprint density at radius 1 is 1.43 bits per heavy atom. The van der Waals surface area contributed by atoms with Gasteiger partial charge in [-0.1, -0.05) is 11.6 Å². The van der Waals surface area contributed by atoms with Crippen molar-refractivity contribution in [2.45, 2.75) is 18.8 Å². The maximum Gasteiger partial charge on any atom is 0.340 e. The van der Waals surface area contributed by atoms with E-state index in [-0.39, 0.29) is 17.5 Å². The molecule has 23 heavy (non-hydrogen) atoms. The Morgan fingerprint density at radius 3 is 2.96 bits per heavy atom. The summed E-state index contributed by atoms with van der Waals surface area (Å²) in [5, 5.41) is 6.80. The Hall–Kier alpha value is -2.28. The molecule has 0 radical (unpaired) electrons. The average molecular weight is 337 g/mol. The van der Waals surface area contributed by atoms with Gasteiger partial charge in [0, 0.05) is 29.6 Å². The number of carbonyl (C=O) groups excluding carboxylic acids is 1. The number of ether oxygens (including phenoxy) is 1. The Labute approximate surface area is 137 Å². The van der Waals surface area contributed by atoms with Crippen LogP contribution in [0.4, 0.5) is 0 Å². The number of aromatic amines is 2. The van der Waals surface area contributed by atoms with Crippen molar-refractivity contribution in [3.05, 3.63) is 45.1 Å². The summed E-state index contributed by atoms with van der Waals surface area (Å²) in [5.41, 5.74) is 0.161. The SMILES string of the molecule is COc1cc(Cl)cc(C(=O)N2CCC[C@H](c3n[nH]c(=O)[nH]3)C2)c1. The van der Waals surface area contributed by atoms with Crippen LogP contribution in [0, 0.1) is 0 Å². The molecule has 1 fully saturated rings. The van der Waals surface area contributed by atoms with Gasteiger partial charge in [0.15, 0.2) is 0 Å². The zero-order chi connectivity index (χ0) is 16.4. The lowest BCUT2D eigenvalue weighted by Crippen LogP contribution is -2.39. The molecule has 0 saturated carbocycles. The average Bonchev–Trinajstić information content (AvgIpc) is 3.00. The number of H-pyrrole nitrogens is 2. The molecule has 1 aliphatic heterocycles. The van der Waals surface area contributed by atoms with Gasteiger partial charge >= 0.3 is 5.69 Å². The number of carbonyl (C=O) groups is 1. The molecule has 2 N–H and O–H groups in total. The third-order valence-electron chi connectivity index (χ3n) is 3.97. The van der Waals surface area contributed by atoms with Gasteiger partial charge in [0.1, 0.15) is 11.6 Å². The number of hydrogen-bond acceptors (Lipinski definition) is 4. The lowest BCUT2D eigenvalue weighted by atomic mass is 9.96. The number of likely N-dealkylation sites (tertiary alicyclic amines) is 1. The van der Waals surface area contributed by atoms with Crippen molar-refractivity contribution in [1.82, 2.24) is 20.1 Å². The van der Waals surface area contributed by atoms with Crippen LogP contribution in [0.15, 0.2) is 23.0 Å². The Balaban J connectivity index is 1.79. The Morgan fingerprint density at radius 2 is 2.26 bits per heavy atom. The highest BCUT2D eigenvalue weighted by atomic mass is 35.5. The van der Waals surface area contributed by atoms with E-state index in [0.29, 0.717) is 35.2 Å². The van der Waals surface area contributed by atoms with Crippen LogP contribution >= 0.6 is 11.6 Å². The minimum absolute atomic E-state index is 0.0210. The Bertz CT molecular complexity index is 770. The smallest absolute Gasteiger partial charge is 0.340 e. The summed E-state index contributed by atoms with van der Waals surface area (Å²) in [4.78, 5) is 28.3. The topological polar surface area (TPSA) is 91.1 Å². The van der Waals surface area contributed by atoms with Crippen LogP contribution in [0.25, 0.3) is 0 Å². The van der Waals surface area contributed by atoms with Crippen LogP contribution in [0.2, 0.25) is 5.02 Å². The summed E-state index contributed by atoms with van der Waals surface area (Å²) in [6.45, 7) is 1.17. The van der Waals surface area contributed by atoms with Crippen LogP contribution in [0.3, 0.4) is 0 Å². The first-order valence-corrected chi connectivity index (χ1v) is 7.73.